The fourth-order valence-electron chi connectivity index (χ4n) is 3.01. The van der Waals surface area contributed by atoms with Gasteiger partial charge in [-0.1, -0.05) is 35.3 Å². The van der Waals surface area contributed by atoms with E-state index in [0.717, 1.165) is 40.5 Å². The second kappa shape index (κ2) is 5.97. The van der Waals surface area contributed by atoms with Crippen molar-refractivity contribution < 1.29 is 4.79 Å². The Hall–Kier alpha value is -1.07. The molecular weight excluding hydrogens is 348 g/mol. The molecule has 2 N–H and O–H groups in total. The highest BCUT2D eigenvalue weighted by Gasteiger charge is 2.27. The Balaban J connectivity index is 1.95. The van der Waals surface area contributed by atoms with Gasteiger partial charge >= 0.3 is 0 Å². The summed E-state index contributed by atoms with van der Waals surface area (Å²) < 4.78 is 2.02. The summed E-state index contributed by atoms with van der Waals surface area (Å²) in [5, 5.41) is 0.968. The second-order valence-corrected chi connectivity index (χ2v) is 7.53. The smallest absolute Gasteiger partial charge is 0.266 e. The van der Waals surface area contributed by atoms with Crippen LogP contribution < -0.4 is 5.73 Å². The summed E-state index contributed by atoms with van der Waals surface area (Å²) in [6.07, 6.45) is 3.46. The van der Waals surface area contributed by atoms with Gasteiger partial charge in [0.1, 0.15) is 4.88 Å². The quantitative estimate of drug-likeness (QED) is 0.849. The predicted molar refractivity (Wildman–Crippen MR) is 92.9 cm³/mol. The number of hydrogen-bond acceptors (Lipinski definition) is 3. The van der Waals surface area contributed by atoms with E-state index >= 15 is 0 Å². The van der Waals surface area contributed by atoms with Crippen molar-refractivity contribution in [2.45, 2.75) is 26.2 Å². The zero-order chi connectivity index (χ0) is 15.0. The standard InChI is InChI=1S/C16H19BrN2OS/c1-2-10-5-4-8-19(9-10)16(20)15-14(18)13-11(17)6-3-7-12(13)21-15/h3,6-7,10H,2,4-5,8-9,18H2,1H3. The van der Waals surface area contributed by atoms with E-state index < -0.39 is 0 Å². The number of nitrogens with zero attached hydrogens (tertiary/aromatic N) is 1. The second-order valence-electron chi connectivity index (χ2n) is 5.63. The number of nitrogens with two attached hydrogens (primary N) is 1. The van der Waals surface area contributed by atoms with Crippen molar-refractivity contribution in [3.05, 3.63) is 27.5 Å². The highest BCUT2D eigenvalue weighted by Crippen LogP contribution is 2.39. The minimum atomic E-state index is 0.0961. The van der Waals surface area contributed by atoms with Gasteiger partial charge in [-0.2, -0.15) is 0 Å². The average molecular weight is 367 g/mol. The predicted octanol–water partition coefficient (Wildman–Crippen LogP) is 4.51. The molecule has 0 bridgehead atoms. The van der Waals surface area contributed by atoms with Crippen LogP contribution in [0.15, 0.2) is 22.7 Å². The van der Waals surface area contributed by atoms with Crippen LogP contribution in [0, 0.1) is 5.92 Å². The molecule has 5 heteroatoms. The lowest BCUT2D eigenvalue weighted by molar-refractivity contribution is 0.0677. The lowest BCUT2D eigenvalue weighted by atomic mass is 9.95. The van der Waals surface area contributed by atoms with Gasteiger partial charge in [0.2, 0.25) is 0 Å². The molecule has 0 aliphatic carbocycles. The third-order valence-electron chi connectivity index (χ3n) is 4.28. The molecule has 1 aliphatic rings. The number of halogens is 1. The van der Waals surface area contributed by atoms with Gasteiger partial charge in [-0.05, 0) is 30.9 Å². The molecule has 1 unspecified atom stereocenters. The first-order valence-electron chi connectivity index (χ1n) is 7.37. The van der Waals surface area contributed by atoms with E-state index in [1.807, 2.05) is 23.1 Å². The number of likely N-dealkylation sites (tertiary alicyclic amines) is 1. The minimum Gasteiger partial charge on any atom is -0.397 e. The van der Waals surface area contributed by atoms with Crippen LogP contribution in [0.5, 0.6) is 0 Å². The van der Waals surface area contributed by atoms with E-state index in [9.17, 15) is 4.79 Å². The third-order valence-corrected chi connectivity index (χ3v) is 6.10. The molecule has 1 aliphatic heterocycles. The normalized spacial score (nSPS) is 19.1. The van der Waals surface area contributed by atoms with E-state index in [1.165, 1.54) is 17.8 Å². The van der Waals surface area contributed by atoms with Crippen LogP contribution >= 0.6 is 27.3 Å². The molecular formula is C16H19BrN2OS. The summed E-state index contributed by atoms with van der Waals surface area (Å²) in [5.74, 6) is 0.726. The molecule has 112 valence electrons. The molecule has 3 nitrogen and oxygen atoms in total. The summed E-state index contributed by atoms with van der Waals surface area (Å²) in [6, 6.07) is 5.96. The molecule has 3 rings (SSSR count). The summed E-state index contributed by atoms with van der Waals surface area (Å²) in [7, 11) is 0. The van der Waals surface area contributed by atoms with E-state index in [1.54, 1.807) is 0 Å². The Bertz CT molecular complexity index is 682. The highest BCUT2D eigenvalue weighted by atomic mass is 79.9. The van der Waals surface area contributed by atoms with Gasteiger partial charge in [-0.3, -0.25) is 4.79 Å². The number of thiophene rings is 1. The maximum Gasteiger partial charge on any atom is 0.266 e. The number of anilines is 1. The summed E-state index contributed by atoms with van der Waals surface area (Å²) in [6.45, 7) is 3.91. The molecule has 1 amide bonds. The van der Waals surface area contributed by atoms with Crippen molar-refractivity contribution in [1.29, 1.82) is 0 Å². The lowest BCUT2D eigenvalue weighted by Gasteiger charge is -2.32. The zero-order valence-electron chi connectivity index (χ0n) is 12.1. The zero-order valence-corrected chi connectivity index (χ0v) is 14.5. The van der Waals surface area contributed by atoms with Crippen molar-refractivity contribution in [2.75, 3.05) is 18.8 Å². The van der Waals surface area contributed by atoms with Gasteiger partial charge in [0, 0.05) is 27.6 Å². The summed E-state index contributed by atoms with van der Waals surface area (Å²) >= 11 is 5.03. The first-order chi connectivity index (χ1) is 10.1. The van der Waals surface area contributed by atoms with E-state index in [-0.39, 0.29) is 5.91 Å². The minimum absolute atomic E-state index is 0.0961. The molecule has 0 radical (unpaired) electrons. The monoisotopic (exact) mass is 366 g/mol. The number of hydrogen-bond donors (Lipinski definition) is 1. The highest BCUT2D eigenvalue weighted by molar-refractivity contribution is 9.10. The number of amides is 1. The SMILES string of the molecule is CCC1CCCN(C(=O)c2sc3cccc(Br)c3c2N)C1. The van der Waals surface area contributed by atoms with Crippen LogP contribution in [0.4, 0.5) is 5.69 Å². The Kier molecular flexibility index (Phi) is 4.22. The average Bonchev–Trinajstić information content (AvgIpc) is 2.85. The maximum absolute atomic E-state index is 12.8. The topological polar surface area (TPSA) is 46.3 Å². The van der Waals surface area contributed by atoms with Crippen LogP contribution in [0.2, 0.25) is 0 Å². The van der Waals surface area contributed by atoms with Crippen LogP contribution in [-0.2, 0) is 0 Å². The molecule has 1 atom stereocenters. The van der Waals surface area contributed by atoms with Crippen LogP contribution in [0.25, 0.3) is 10.1 Å². The summed E-state index contributed by atoms with van der Waals surface area (Å²) in [4.78, 5) is 15.5. The van der Waals surface area contributed by atoms with Gasteiger partial charge in [0.25, 0.3) is 5.91 Å². The van der Waals surface area contributed by atoms with E-state index in [4.69, 9.17) is 5.73 Å². The number of carbonyl (C=O) groups is 1. The Labute approximate surface area is 137 Å². The first-order valence-corrected chi connectivity index (χ1v) is 8.98. The van der Waals surface area contributed by atoms with Crippen molar-refractivity contribution in [3.63, 3.8) is 0 Å². The molecule has 21 heavy (non-hydrogen) atoms. The molecule has 1 fully saturated rings. The number of nitrogen functional groups attached to an aromatic ring is 1. The van der Waals surface area contributed by atoms with Crippen LogP contribution in [0.3, 0.4) is 0 Å². The van der Waals surface area contributed by atoms with Gasteiger partial charge in [0.15, 0.2) is 0 Å². The lowest BCUT2D eigenvalue weighted by Crippen LogP contribution is -2.39. The van der Waals surface area contributed by atoms with Crippen molar-refractivity contribution in [2.24, 2.45) is 5.92 Å². The molecule has 2 heterocycles. The fourth-order valence-corrected chi connectivity index (χ4v) is 4.84. The molecule has 0 spiro atoms. The number of fused-ring (bicyclic) bond motifs is 1. The third kappa shape index (κ3) is 2.69. The number of rotatable bonds is 2. The van der Waals surface area contributed by atoms with Crippen LogP contribution in [0.1, 0.15) is 35.9 Å². The maximum atomic E-state index is 12.8. The Morgan fingerprint density at radius 1 is 1.52 bits per heavy atom. The first kappa shape index (κ1) is 14.9. The molecule has 1 aromatic heterocycles. The van der Waals surface area contributed by atoms with Crippen molar-refractivity contribution in [3.8, 4) is 0 Å². The van der Waals surface area contributed by atoms with Crippen molar-refractivity contribution in [1.82, 2.24) is 4.90 Å². The van der Waals surface area contributed by atoms with Crippen molar-refractivity contribution >= 4 is 48.9 Å². The van der Waals surface area contributed by atoms with E-state index in [2.05, 4.69) is 22.9 Å². The molecule has 1 saturated heterocycles. The van der Waals surface area contributed by atoms with Crippen LogP contribution in [-0.4, -0.2) is 23.9 Å². The van der Waals surface area contributed by atoms with E-state index in [0.29, 0.717) is 16.5 Å². The van der Waals surface area contributed by atoms with Gasteiger partial charge in [-0.15, -0.1) is 11.3 Å². The molecule has 0 saturated carbocycles. The Morgan fingerprint density at radius 3 is 3.05 bits per heavy atom. The molecule has 2 aromatic rings. The van der Waals surface area contributed by atoms with Gasteiger partial charge in [0.05, 0.1) is 5.69 Å². The Morgan fingerprint density at radius 2 is 2.33 bits per heavy atom. The number of benzene rings is 1. The fraction of sp³-hybridized carbons (Fsp3) is 0.438. The number of piperidine rings is 1. The summed E-state index contributed by atoms with van der Waals surface area (Å²) in [5.41, 5.74) is 6.86. The number of carbonyl (C=O) groups excluding carboxylic acids is 1. The largest absolute Gasteiger partial charge is 0.397 e. The van der Waals surface area contributed by atoms with Gasteiger partial charge < -0.3 is 10.6 Å². The van der Waals surface area contributed by atoms with Gasteiger partial charge in [-0.25, -0.2) is 0 Å². The molecule has 1 aromatic carbocycles.